The van der Waals surface area contributed by atoms with Crippen molar-refractivity contribution in [3.05, 3.63) is 89.7 Å². The molecule has 1 heterocycles. The lowest BCUT2D eigenvalue weighted by Crippen LogP contribution is -2.40. The highest BCUT2D eigenvalue weighted by atomic mass is 16.2. The molecule has 1 aliphatic carbocycles. The molecule has 0 spiro atoms. The molecule has 1 aliphatic rings. The van der Waals surface area contributed by atoms with Gasteiger partial charge in [-0.1, -0.05) is 74.9 Å². The van der Waals surface area contributed by atoms with Gasteiger partial charge in [0.25, 0.3) is 0 Å². The molecule has 5 heteroatoms. The van der Waals surface area contributed by atoms with Crippen LogP contribution in [0.1, 0.15) is 50.3 Å². The molecule has 0 radical (unpaired) electrons. The van der Waals surface area contributed by atoms with Crippen LogP contribution in [0.3, 0.4) is 0 Å². The number of nitrogens with one attached hydrogen (secondary N) is 1. The van der Waals surface area contributed by atoms with Crippen molar-refractivity contribution in [2.75, 3.05) is 5.32 Å². The number of carbonyl (C=O) groups excluding carboxylic acids is 1. The quantitative estimate of drug-likeness (QED) is 0.319. The van der Waals surface area contributed by atoms with Gasteiger partial charge in [-0.25, -0.2) is 9.97 Å². The largest absolute Gasteiger partial charge is 0.365 e. The number of aryl methyl sites for hydroxylation is 1. The average Bonchev–Trinajstić information content (AvgIpc) is 3.70. The smallest absolute Gasteiger partial charge is 0.228 e. The van der Waals surface area contributed by atoms with Crippen LogP contribution in [-0.2, 0) is 17.9 Å². The third-order valence-corrected chi connectivity index (χ3v) is 6.68. The van der Waals surface area contributed by atoms with Crippen molar-refractivity contribution < 1.29 is 4.79 Å². The van der Waals surface area contributed by atoms with Gasteiger partial charge >= 0.3 is 0 Å². The summed E-state index contributed by atoms with van der Waals surface area (Å²) in [6, 6.07) is 23.7. The standard InChI is InChI=1S/C31H34N4O/c1-21-7-5-8-22(15-21)18-32-29-27-17-25(11-14-28(27)33-20-34-29)24-10-6-9-23(16-24)19-35(26-12-13-26)30(36)31(2,3)4/h5-11,14-17,20,26H,12-13,18-19H2,1-4H3,(H,32,33,34). The molecule has 5 rings (SSSR count). The first-order valence-corrected chi connectivity index (χ1v) is 12.7. The Balaban J connectivity index is 1.41. The van der Waals surface area contributed by atoms with Gasteiger partial charge in [0, 0.05) is 29.9 Å². The molecule has 1 fully saturated rings. The van der Waals surface area contributed by atoms with Gasteiger partial charge in [0.15, 0.2) is 0 Å². The number of hydrogen-bond donors (Lipinski definition) is 1. The van der Waals surface area contributed by atoms with Crippen LogP contribution in [0, 0.1) is 12.3 Å². The predicted molar refractivity (Wildman–Crippen MR) is 147 cm³/mol. The molecule has 0 bridgehead atoms. The van der Waals surface area contributed by atoms with E-state index in [1.807, 2.05) is 20.8 Å². The van der Waals surface area contributed by atoms with Crippen molar-refractivity contribution >= 4 is 22.6 Å². The third-order valence-electron chi connectivity index (χ3n) is 6.68. The summed E-state index contributed by atoms with van der Waals surface area (Å²) in [5.41, 5.74) is 6.38. The zero-order chi connectivity index (χ0) is 25.3. The monoisotopic (exact) mass is 478 g/mol. The summed E-state index contributed by atoms with van der Waals surface area (Å²) >= 11 is 0. The fourth-order valence-electron chi connectivity index (χ4n) is 4.61. The van der Waals surface area contributed by atoms with Crippen molar-refractivity contribution in [1.82, 2.24) is 14.9 Å². The van der Waals surface area contributed by atoms with Gasteiger partial charge in [0.05, 0.1) is 5.52 Å². The fourth-order valence-corrected chi connectivity index (χ4v) is 4.61. The minimum Gasteiger partial charge on any atom is -0.365 e. The van der Waals surface area contributed by atoms with E-state index in [1.165, 1.54) is 11.1 Å². The normalized spacial score (nSPS) is 13.6. The van der Waals surface area contributed by atoms with E-state index in [0.29, 0.717) is 19.1 Å². The minimum atomic E-state index is -0.375. The maximum Gasteiger partial charge on any atom is 0.228 e. The number of nitrogens with zero attached hydrogens (tertiary/aromatic N) is 3. The Bertz CT molecular complexity index is 1400. The molecule has 0 saturated heterocycles. The second-order valence-corrected chi connectivity index (χ2v) is 10.9. The molecule has 0 unspecified atom stereocenters. The van der Waals surface area contributed by atoms with E-state index in [4.69, 9.17) is 0 Å². The van der Waals surface area contributed by atoms with Gasteiger partial charge in [-0.05, 0) is 60.2 Å². The maximum atomic E-state index is 13.1. The SMILES string of the molecule is Cc1cccc(CNc2ncnc3ccc(-c4cccc(CN(C(=O)C(C)(C)C)C5CC5)c4)cc23)c1. The van der Waals surface area contributed by atoms with Gasteiger partial charge in [-0.3, -0.25) is 4.79 Å². The Labute approximate surface area is 213 Å². The van der Waals surface area contributed by atoms with Crippen molar-refractivity contribution in [2.24, 2.45) is 5.41 Å². The second kappa shape index (κ2) is 9.73. The van der Waals surface area contributed by atoms with E-state index in [1.54, 1.807) is 6.33 Å². The van der Waals surface area contributed by atoms with Crippen LogP contribution in [0.4, 0.5) is 5.82 Å². The minimum absolute atomic E-state index is 0.225. The van der Waals surface area contributed by atoms with E-state index in [9.17, 15) is 4.79 Å². The molecule has 184 valence electrons. The molecule has 1 aromatic heterocycles. The molecule has 0 atom stereocenters. The lowest BCUT2D eigenvalue weighted by Gasteiger charge is -2.30. The number of amides is 1. The Morgan fingerprint density at radius 2 is 1.69 bits per heavy atom. The molecule has 0 aliphatic heterocycles. The summed E-state index contributed by atoms with van der Waals surface area (Å²) in [6.45, 7) is 9.46. The molecule has 4 aromatic rings. The van der Waals surface area contributed by atoms with Crippen molar-refractivity contribution in [3.63, 3.8) is 0 Å². The third kappa shape index (κ3) is 5.40. The number of fused-ring (bicyclic) bond motifs is 1. The number of benzene rings is 3. The molecule has 1 N–H and O–H groups in total. The zero-order valence-corrected chi connectivity index (χ0v) is 21.6. The Morgan fingerprint density at radius 3 is 2.44 bits per heavy atom. The highest BCUT2D eigenvalue weighted by molar-refractivity contribution is 5.92. The van der Waals surface area contributed by atoms with Crippen LogP contribution in [0.2, 0.25) is 0 Å². The van der Waals surface area contributed by atoms with Crippen LogP contribution >= 0.6 is 0 Å². The van der Waals surface area contributed by atoms with Crippen LogP contribution in [0.5, 0.6) is 0 Å². The van der Waals surface area contributed by atoms with E-state index >= 15 is 0 Å². The molecule has 1 amide bonds. The first-order chi connectivity index (χ1) is 17.3. The van der Waals surface area contributed by atoms with Gasteiger partial charge in [0.2, 0.25) is 5.91 Å². The molecule has 3 aromatic carbocycles. The van der Waals surface area contributed by atoms with E-state index in [2.05, 4.69) is 93.8 Å². The topological polar surface area (TPSA) is 58.1 Å². The number of anilines is 1. The summed E-state index contributed by atoms with van der Waals surface area (Å²) in [4.78, 5) is 24.2. The number of aromatic nitrogens is 2. The summed E-state index contributed by atoms with van der Waals surface area (Å²) in [5, 5.41) is 4.49. The lowest BCUT2D eigenvalue weighted by molar-refractivity contribution is -0.140. The predicted octanol–water partition coefficient (Wildman–Crippen LogP) is 6.75. The van der Waals surface area contributed by atoms with E-state index < -0.39 is 0 Å². The summed E-state index contributed by atoms with van der Waals surface area (Å²) < 4.78 is 0. The van der Waals surface area contributed by atoms with Crippen LogP contribution < -0.4 is 5.32 Å². The van der Waals surface area contributed by atoms with Crippen molar-refractivity contribution in [2.45, 2.75) is 59.7 Å². The molecular formula is C31H34N4O. The Kier molecular flexibility index (Phi) is 6.48. The fraction of sp³-hybridized carbons (Fsp3) is 0.323. The molecule has 36 heavy (non-hydrogen) atoms. The summed E-state index contributed by atoms with van der Waals surface area (Å²) in [5.74, 6) is 1.05. The summed E-state index contributed by atoms with van der Waals surface area (Å²) in [7, 11) is 0. The van der Waals surface area contributed by atoms with Gasteiger partial charge in [0.1, 0.15) is 12.1 Å². The Morgan fingerprint density at radius 1 is 0.944 bits per heavy atom. The van der Waals surface area contributed by atoms with Gasteiger partial charge in [-0.15, -0.1) is 0 Å². The number of hydrogen-bond acceptors (Lipinski definition) is 4. The zero-order valence-electron chi connectivity index (χ0n) is 21.6. The highest BCUT2D eigenvalue weighted by Gasteiger charge is 2.37. The van der Waals surface area contributed by atoms with Crippen molar-refractivity contribution in [1.29, 1.82) is 0 Å². The number of rotatable bonds is 7. The number of carbonyl (C=O) groups is 1. The lowest BCUT2D eigenvalue weighted by atomic mass is 9.94. The van der Waals surface area contributed by atoms with Crippen LogP contribution in [0.15, 0.2) is 73.1 Å². The molecular weight excluding hydrogens is 444 g/mol. The van der Waals surface area contributed by atoms with E-state index in [0.717, 1.165) is 46.3 Å². The van der Waals surface area contributed by atoms with Crippen LogP contribution in [-0.4, -0.2) is 26.8 Å². The molecule has 1 saturated carbocycles. The highest BCUT2D eigenvalue weighted by Crippen LogP contribution is 2.33. The Hall–Kier alpha value is -3.73. The van der Waals surface area contributed by atoms with Crippen molar-refractivity contribution in [3.8, 4) is 11.1 Å². The average molecular weight is 479 g/mol. The first kappa shape index (κ1) is 24.0. The van der Waals surface area contributed by atoms with Gasteiger partial charge < -0.3 is 10.2 Å². The van der Waals surface area contributed by atoms with Gasteiger partial charge in [-0.2, -0.15) is 0 Å². The maximum absolute atomic E-state index is 13.1. The first-order valence-electron chi connectivity index (χ1n) is 12.7. The van der Waals surface area contributed by atoms with E-state index in [-0.39, 0.29) is 11.3 Å². The second-order valence-electron chi connectivity index (χ2n) is 10.9. The van der Waals surface area contributed by atoms with Crippen LogP contribution in [0.25, 0.3) is 22.0 Å². The summed E-state index contributed by atoms with van der Waals surface area (Å²) in [6.07, 6.45) is 3.81. The molecule has 5 nitrogen and oxygen atoms in total.